The molecule has 238 valence electrons. The Hall–Kier alpha value is -4.78. The summed E-state index contributed by atoms with van der Waals surface area (Å²) in [5, 5.41) is 12.8. The third-order valence-electron chi connectivity index (χ3n) is 7.62. The average Bonchev–Trinajstić information content (AvgIpc) is 3.46. The second-order valence-corrected chi connectivity index (χ2v) is 12.5. The lowest BCUT2D eigenvalue weighted by atomic mass is 9.96. The fraction of sp³-hybridized carbons (Fsp3) is 0.344. The number of likely N-dealkylation sites (tertiary alicyclic amines) is 1. The Morgan fingerprint density at radius 1 is 1.04 bits per heavy atom. The van der Waals surface area contributed by atoms with Crippen LogP contribution in [0.4, 0.5) is 4.79 Å². The Bertz CT molecular complexity index is 1650. The van der Waals surface area contributed by atoms with Crippen LogP contribution in [0.15, 0.2) is 78.0 Å². The van der Waals surface area contributed by atoms with Crippen molar-refractivity contribution in [2.75, 3.05) is 13.2 Å². The van der Waals surface area contributed by atoms with E-state index in [9.17, 15) is 32.7 Å². The van der Waals surface area contributed by atoms with Gasteiger partial charge in [0.1, 0.15) is 0 Å². The summed E-state index contributed by atoms with van der Waals surface area (Å²) in [4.78, 5) is 56.0. The molecule has 1 aliphatic rings. The molecular weight excluding hydrogens is 600 g/mol. The number of nitrogens with zero attached hydrogens (tertiary/aromatic N) is 2. The summed E-state index contributed by atoms with van der Waals surface area (Å²) in [5.41, 5.74) is 0.0858. The maximum atomic E-state index is 13.3. The van der Waals surface area contributed by atoms with Crippen molar-refractivity contribution in [1.82, 2.24) is 19.9 Å². The van der Waals surface area contributed by atoms with E-state index in [2.05, 4.69) is 10.3 Å². The van der Waals surface area contributed by atoms with E-state index in [4.69, 9.17) is 4.74 Å². The van der Waals surface area contributed by atoms with Crippen molar-refractivity contribution in [3.05, 3.63) is 84.2 Å². The third kappa shape index (κ3) is 7.66. The summed E-state index contributed by atoms with van der Waals surface area (Å²) in [7, 11) is -4.23. The molecule has 2 heterocycles. The number of hydrogen-bond donors (Lipinski definition) is 3. The van der Waals surface area contributed by atoms with Crippen molar-refractivity contribution < 1.29 is 37.4 Å². The first-order valence-electron chi connectivity index (χ1n) is 14.6. The van der Waals surface area contributed by atoms with Crippen LogP contribution in [0, 0.1) is 5.92 Å². The fourth-order valence-corrected chi connectivity index (χ4v) is 6.31. The third-order valence-corrected chi connectivity index (χ3v) is 8.99. The number of carbonyl (C=O) groups excluding carboxylic acids is 3. The molecule has 1 saturated heterocycles. The number of hydrogen-bond acceptors (Lipinski definition) is 8. The van der Waals surface area contributed by atoms with Crippen molar-refractivity contribution in [3.8, 4) is 11.1 Å². The summed E-state index contributed by atoms with van der Waals surface area (Å²) < 4.78 is 32.9. The highest BCUT2D eigenvalue weighted by atomic mass is 32.2. The zero-order chi connectivity index (χ0) is 32.6. The number of nitrogens with one attached hydrogen (secondary N) is 2. The van der Waals surface area contributed by atoms with Gasteiger partial charge in [0, 0.05) is 42.4 Å². The van der Waals surface area contributed by atoms with Gasteiger partial charge in [-0.2, -0.15) is 0 Å². The first-order chi connectivity index (χ1) is 21.5. The van der Waals surface area contributed by atoms with Crippen LogP contribution in [-0.2, 0) is 30.8 Å². The van der Waals surface area contributed by atoms with E-state index in [-0.39, 0.29) is 36.5 Å². The minimum Gasteiger partial charge on any atom is -0.478 e. The molecule has 4 rings (SSSR count). The molecule has 45 heavy (non-hydrogen) atoms. The van der Waals surface area contributed by atoms with E-state index in [0.29, 0.717) is 24.0 Å². The lowest BCUT2D eigenvalue weighted by molar-refractivity contribution is -0.154. The average molecular weight is 637 g/mol. The standard InChI is InChI=1S/C32H36N4O8S/c1-3-4-20-44-31(41)35-45(42,43)27-9-6-5-8-26(27)24-12-10-23(11-13-24)21-22(2)28(37)34-32(30(39)40)16-7-19-36(32)29(38)25-14-17-33-18-15-25/h5-6,8-15,17-18,22H,3-4,7,16,19-21H2,1-2H3,(H,34,37)(H,35,41)(H,39,40). The topological polar surface area (TPSA) is 172 Å². The number of rotatable bonds is 12. The summed E-state index contributed by atoms with van der Waals surface area (Å²) in [6.45, 7) is 3.87. The van der Waals surface area contributed by atoms with Gasteiger partial charge in [0.25, 0.3) is 15.9 Å². The highest BCUT2D eigenvalue weighted by Crippen LogP contribution is 2.31. The number of ether oxygens (including phenoxy) is 1. The molecule has 1 aromatic heterocycles. The van der Waals surface area contributed by atoms with Crippen LogP contribution in [0.3, 0.4) is 0 Å². The highest BCUT2D eigenvalue weighted by Gasteiger charge is 2.51. The van der Waals surface area contributed by atoms with Crippen molar-refractivity contribution >= 4 is 33.9 Å². The number of carboxylic acid groups (broad SMARTS) is 1. The number of pyridine rings is 1. The quantitative estimate of drug-likeness (QED) is 0.249. The SMILES string of the molecule is CCCCOC(=O)NS(=O)(=O)c1ccccc1-c1ccc(CC(C)C(=O)NC2(C(=O)O)CCCN2C(=O)c2ccncc2)cc1. The largest absolute Gasteiger partial charge is 0.478 e. The van der Waals surface area contributed by atoms with E-state index < -0.39 is 45.5 Å². The summed E-state index contributed by atoms with van der Waals surface area (Å²) in [5.74, 6) is -3.00. The smallest absolute Gasteiger partial charge is 0.421 e. The maximum absolute atomic E-state index is 13.3. The van der Waals surface area contributed by atoms with Gasteiger partial charge in [0.05, 0.1) is 11.5 Å². The minimum atomic E-state index is -4.23. The summed E-state index contributed by atoms with van der Waals surface area (Å²) in [6, 6.07) is 16.1. The van der Waals surface area contributed by atoms with Crippen molar-refractivity contribution in [2.24, 2.45) is 5.92 Å². The van der Waals surface area contributed by atoms with Gasteiger partial charge in [-0.25, -0.2) is 22.7 Å². The Morgan fingerprint density at radius 3 is 2.40 bits per heavy atom. The van der Waals surface area contributed by atoms with Gasteiger partial charge in [-0.15, -0.1) is 0 Å². The number of sulfonamides is 1. The molecule has 3 amide bonds. The van der Waals surface area contributed by atoms with E-state index in [0.717, 1.165) is 12.0 Å². The Balaban J connectivity index is 1.46. The predicted octanol–water partition coefficient (Wildman–Crippen LogP) is 3.98. The molecule has 2 unspecified atom stereocenters. The number of benzene rings is 2. The molecule has 0 saturated carbocycles. The first kappa shape index (κ1) is 33.1. The first-order valence-corrected chi connectivity index (χ1v) is 16.1. The maximum Gasteiger partial charge on any atom is 0.421 e. The number of aliphatic carboxylic acids is 1. The van der Waals surface area contributed by atoms with E-state index >= 15 is 0 Å². The minimum absolute atomic E-state index is 0.0694. The van der Waals surface area contributed by atoms with Gasteiger partial charge in [0.2, 0.25) is 11.6 Å². The Labute approximate surface area is 261 Å². The molecular formula is C32H36N4O8S. The number of aromatic nitrogens is 1. The van der Waals surface area contributed by atoms with Crippen LogP contribution in [0.5, 0.6) is 0 Å². The fourth-order valence-electron chi connectivity index (χ4n) is 5.19. The molecule has 0 spiro atoms. The number of unbranched alkanes of at least 4 members (excludes halogenated alkanes) is 1. The van der Waals surface area contributed by atoms with Gasteiger partial charge in [-0.3, -0.25) is 14.6 Å². The van der Waals surface area contributed by atoms with E-state index in [1.807, 2.05) is 11.6 Å². The number of carbonyl (C=O) groups is 4. The lowest BCUT2D eigenvalue weighted by Crippen LogP contribution is -2.64. The second kappa shape index (κ2) is 14.3. The van der Waals surface area contributed by atoms with E-state index in [1.165, 1.54) is 35.5 Å². The molecule has 0 bridgehead atoms. The molecule has 1 fully saturated rings. The zero-order valence-corrected chi connectivity index (χ0v) is 25.9. The monoisotopic (exact) mass is 636 g/mol. The molecule has 12 nitrogen and oxygen atoms in total. The van der Waals surface area contributed by atoms with Gasteiger partial charge in [-0.05, 0) is 48.6 Å². The van der Waals surface area contributed by atoms with Crippen molar-refractivity contribution in [3.63, 3.8) is 0 Å². The highest BCUT2D eigenvalue weighted by molar-refractivity contribution is 7.90. The normalized spacial score (nSPS) is 16.9. The van der Waals surface area contributed by atoms with Crippen LogP contribution in [-0.4, -0.2) is 66.1 Å². The molecule has 2 aromatic carbocycles. The molecule has 2 atom stereocenters. The van der Waals surface area contributed by atoms with Gasteiger partial charge >= 0.3 is 12.1 Å². The molecule has 0 aliphatic carbocycles. The number of amides is 3. The van der Waals surface area contributed by atoms with Crippen molar-refractivity contribution in [2.45, 2.75) is 56.5 Å². The van der Waals surface area contributed by atoms with Crippen LogP contribution in [0.2, 0.25) is 0 Å². The molecule has 0 radical (unpaired) electrons. The van der Waals surface area contributed by atoms with Gasteiger partial charge in [0.15, 0.2) is 0 Å². The molecule has 3 N–H and O–H groups in total. The van der Waals surface area contributed by atoms with Crippen molar-refractivity contribution in [1.29, 1.82) is 0 Å². The number of carboxylic acids is 1. The van der Waals surface area contributed by atoms with Gasteiger partial charge < -0.3 is 20.1 Å². The molecule has 3 aromatic rings. The summed E-state index contributed by atoms with van der Waals surface area (Å²) in [6.07, 6.45) is 3.97. The van der Waals surface area contributed by atoms with Gasteiger partial charge in [-0.1, -0.05) is 62.7 Å². The summed E-state index contributed by atoms with van der Waals surface area (Å²) >= 11 is 0. The molecule has 1 aliphatic heterocycles. The molecule has 13 heteroatoms. The zero-order valence-electron chi connectivity index (χ0n) is 25.1. The van der Waals surface area contributed by atoms with Crippen LogP contribution >= 0.6 is 0 Å². The van der Waals surface area contributed by atoms with Crippen LogP contribution < -0.4 is 10.0 Å². The Morgan fingerprint density at radius 2 is 1.73 bits per heavy atom. The van der Waals surface area contributed by atoms with Crippen LogP contribution in [0.1, 0.15) is 55.5 Å². The lowest BCUT2D eigenvalue weighted by Gasteiger charge is -2.36. The van der Waals surface area contributed by atoms with E-state index in [1.54, 1.807) is 49.4 Å². The Kier molecular flexibility index (Phi) is 10.6. The predicted molar refractivity (Wildman–Crippen MR) is 164 cm³/mol. The van der Waals surface area contributed by atoms with Crippen LogP contribution in [0.25, 0.3) is 11.1 Å². The second-order valence-electron chi connectivity index (χ2n) is 10.8.